The summed E-state index contributed by atoms with van der Waals surface area (Å²) in [4.78, 5) is 12.0. The van der Waals surface area contributed by atoms with Crippen LogP contribution in [0.15, 0.2) is 6.07 Å². The maximum absolute atomic E-state index is 5.94. The van der Waals surface area contributed by atoms with Crippen molar-refractivity contribution in [3.05, 3.63) is 22.1 Å². The molecule has 2 aromatic heterocycles. The summed E-state index contributed by atoms with van der Waals surface area (Å²) in [7, 11) is 0. The highest BCUT2D eigenvalue weighted by atomic mass is 35.5. The Balaban J connectivity index is 2.07. The molecular formula is C12H13Cl2N3. The average molecular weight is 270 g/mol. The number of rotatable bonds is 1. The molecule has 1 aliphatic rings. The van der Waals surface area contributed by atoms with Gasteiger partial charge in [0, 0.05) is 5.92 Å². The van der Waals surface area contributed by atoms with Gasteiger partial charge in [0.05, 0.1) is 10.5 Å². The lowest BCUT2D eigenvalue weighted by Gasteiger charge is -2.11. The van der Waals surface area contributed by atoms with E-state index in [4.69, 9.17) is 23.2 Å². The quantitative estimate of drug-likeness (QED) is 0.790. The molecule has 1 aliphatic carbocycles. The second kappa shape index (κ2) is 4.14. The van der Waals surface area contributed by atoms with E-state index in [1.54, 1.807) is 6.07 Å². The predicted molar refractivity (Wildman–Crippen MR) is 69.7 cm³/mol. The van der Waals surface area contributed by atoms with E-state index in [0.717, 1.165) is 11.3 Å². The van der Waals surface area contributed by atoms with E-state index >= 15 is 0 Å². The number of hydrogen-bond donors (Lipinski definition) is 1. The first-order chi connectivity index (χ1) is 8.15. The molecule has 90 valence electrons. The van der Waals surface area contributed by atoms with E-state index in [9.17, 15) is 0 Å². The van der Waals surface area contributed by atoms with Crippen molar-refractivity contribution in [1.82, 2.24) is 15.0 Å². The summed E-state index contributed by atoms with van der Waals surface area (Å²) in [6, 6.07) is 1.79. The van der Waals surface area contributed by atoms with Crippen molar-refractivity contribution < 1.29 is 0 Å². The maximum Gasteiger partial charge on any atom is 0.179 e. The number of aromatic nitrogens is 3. The normalized spacial score (nSPS) is 24.6. The Morgan fingerprint density at radius 2 is 2.12 bits per heavy atom. The molecule has 2 unspecified atom stereocenters. The Morgan fingerprint density at radius 1 is 1.29 bits per heavy atom. The number of halogens is 2. The van der Waals surface area contributed by atoms with Gasteiger partial charge in [-0.3, -0.25) is 0 Å². The van der Waals surface area contributed by atoms with Crippen LogP contribution in [0.2, 0.25) is 10.2 Å². The van der Waals surface area contributed by atoms with Crippen molar-refractivity contribution in [2.24, 2.45) is 5.92 Å². The summed E-state index contributed by atoms with van der Waals surface area (Å²) in [5.41, 5.74) is 1.53. The number of imidazole rings is 1. The Morgan fingerprint density at radius 3 is 2.82 bits per heavy atom. The van der Waals surface area contributed by atoms with Crippen molar-refractivity contribution in [3.8, 4) is 0 Å². The first kappa shape index (κ1) is 11.3. The van der Waals surface area contributed by atoms with Crippen LogP contribution in [0.5, 0.6) is 0 Å². The fraction of sp³-hybridized carbons (Fsp3) is 0.500. The third-order valence-corrected chi connectivity index (χ3v) is 4.29. The lowest BCUT2D eigenvalue weighted by molar-refractivity contribution is 0.514. The third-order valence-electron chi connectivity index (χ3n) is 3.61. The van der Waals surface area contributed by atoms with Crippen LogP contribution in [0.1, 0.15) is 37.9 Å². The Labute approximate surface area is 110 Å². The van der Waals surface area contributed by atoms with Gasteiger partial charge < -0.3 is 4.98 Å². The summed E-state index contributed by atoms with van der Waals surface area (Å²) >= 11 is 11.8. The van der Waals surface area contributed by atoms with Crippen molar-refractivity contribution >= 4 is 34.4 Å². The molecule has 2 atom stereocenters. The van der Waals surface area contributed by atoms with Crippen molar-refractivity contribution in [3.63, 3.8) is 0 Å². The van der Waals surface area contributed by atoms with Gasteiger partial charge in [0.15, 0.2) is 5.65 Å². The smallest absolute Gasteiger partial charge is 0.179 e. The molecule has 2 aromatic rings. The van der Waals surface area contributed by atoms with E-state index < -0.39 is 0 Å². The molecule has 0 saturated heterocycles. The van der Waals surface area contributed by atoms with Crippen LogP contribution in [0.25, 0.3) is 11.2 Å². The van der Waals surface area contributed by atoms with Crippen LogP contribution in [0.3, 0.4) is 0 Å². The second-order valence-electron chi connectivity index (χ2n) is 4.77. The highest BCUT2D eigenvalue weighted by Crippen LogP contribution is 2.38. The van der Waals surface area contributed by atoms with E-state index in [1.807, 2.05) is 0 Å². The largest absolute Gasteiger partial charge is 0.340 e. The molecule has 3 nitrogen and oxygen atoms in total. The lowest BCUT2D eigenvalue weighted by atomic mass is 9.98. The van der Waals surface area contributed by atoms with Gasteiger partial charge >= 0.3 is 0 Å². The molecule has 0 aliphatic heterocycles. The van der Waals surface area contributed by atoms with Crippen LogP contribution in [-0.4, -0.2) is 15.0 Å². The number of nitrogens with one attached hydrogen (secondary N) is 1. The van der Waals surface area contributed by atoms with Crippen LogP contribution >= 0.6 is 23.2 Å². The van der Waals surface area contributed by atoms with Crippen LogP contribution in [-0.2, 0) is 0 Å². The topological polar surface area (TPSA) is 41.6 Å². The van der Waals surface area contributed by atoms with Crippen LogP contribution < -0.4 is 0 Å². The van der Waals surface area contributed by atoms with Gasteiger partial charge in [0.1, 0.15) is 11.0 Å². The molecule has 0 amide bonds. The highest BCUT2D eigenvalue weighted by molar-refractivity contribution is 6.41. The molecule has 0 radical (unpaired) electrons. The fourth-order valence-corrected chi connectivity index (χ4v) is 2.93. The lowest BCUT2D eigenvalue weighted by Crippen LogP contribution is -2.03. The summed E-state index contributed by atoms with van der Waals surface area (Å²) in [5.74, 6) is 2.22. The molecule has 0 spiro atoms. The Bertz CT molecular complexity index is 525. The summed E-state index contributed by atoms with van der Waals surface area (Å²) in [6.45, 7) is 2.28. The Hall–Kier alpha value is -0.800. The number of pyridine rings is 1. The van der Waals surface area contributed by atoms with Gasteiger partial charge in [-0.2, -0.15) is 0 Å². The molecule has 3 rings (SSSR count). The zero-order valence-corrected chi connectivity index (χ0v) is 11.0. The predicted octanol–water partition coefficient (Wildman–Crippen LogP) is 4.17. The summed E-state index contributed by atoms with van der Waals surface area (Å²) < 4.78 is 0. The van der Waals surface area contributed by atoms with Gasteiger partial charge in [-0.05, 0) is 24.8 Å². The van der Waals surface area contributed by atoms with Crippen LogP contribution in [0, 0.1) is 5.92 Å². The number of hydrogen-bond acceptors (Lipinski definition) is 2. The molecule has 0 bridgehead atoms. The van der Waals surface area contributed by atoms with Gasteiger partial charge in [-0.25, -0.2) is 9.97 Å². The Kier molecular flexibility index (Phi) is 2.75. The van der Waals surface area contributed by atoms with Gasteiger partial charge in [-0.15, -0.1) is 0 Å². The minimum Gasteiger partial charge on any atom is -0.340 e. The van der Waals surface area contributed by atoms with Crippen molar-refractivity contribution in [2.75, 3.05) is 0 Å². The van der Waals surface area contributed by atoms with E-state index in [2.05, 4.69) is 21.9 Å². The van der Waals surface area contributed by atoms with Crippen molar-refractivity contribution in [2.45, 2.75) is 32.1 Å². The van der Waals surface area contributed by atoms with E-state index in [-0.39, 0.29) is 0 Å². The molecule has 17 heavy (non-hydrogen) atoms. The fourth-order valence-electron chi connectivity index (χ4n) is 2.64. The SMILES string of the molecule is CC1CCCC1c1nc2nc(Cl)c(Cl)cc2[nH]1. The molecule has 1 saturated carbocycles. The first-order valence-electron chi connectivity index (χ1n) is 5.87. The number of H-pyrrole nitrogens is 1. The summed E-state index contributed by atoms with van der Waals surface area (Å²) in [5, 5.41) is 0.783. The number of aromatic amines is 1. The average Bonchev–Trinajstić information content (AvgIpc) is 2.85. The number of fused-ring (bicyclic) bond motifs is 1. The van der Waals surface area contributed by atoms with Crippen molar-refractivity contribution in [1.29, 1.82) is 0 Å². The minimum atomic E-state index is 0.316. The minimum absolute atomic E-state index is 0.316. The maximum atomic E-state index is 5.94. The molecule has 0 aromatic carbocycles. The molecule has 2 heterocycles. The molecule has 5 heteroatoms. The van der Waals surface area contributed by atoms with Gasteiger partial charge in [-0.1, -0.05) is 36.5 Å². The zero-order chi connectivity index (χ0) is 12.0. The van der Waals surface area contributed by atoms with Crippen LogP contribution in [0.4, 0.5) is 0 Å². The highest BCUT2D eigenvalue weighted by Gasteiger charge is 2.27. The monoisotopic (exact) mass is 269 g/mol. The third kappa shape index (κ3) is 1.91. The zero-order valence-electron chi connectivity index (χ0n) is 9.50. The second-order valence-corrected chi connectivity index (χ2v) is 5.53. The molecule has 1 N–H and O–H groups in total. The standard InChI is InChI=1S/C12H13Cl2N3/c1-6-3-2-4-7(6)11-15-9-5-8(13)10(14)16-12(9)17-11/h5-7H,2-4H2,1H3,(H,15,16,17). The van der Waals surface area contributed by atoms with E-state index in [1.165, 1.54) is 19.3 Å². The van der Waals surface area contributed by atoms with Gasteiger partial charge in [0.2, 0.25) is 0 Å². The van der Waals surface area contributed by atoms with E-state index in [0.29, 0.717) is 27.7 Å². The molecular weight excluding hydrogens is 257 g/mol. The van der Waals surface area contributed by atoms with Gasteiger partial charge in [0.25, 0.3) is 0 Å². The first-order valence-corrected chi connectivity index (χ1v) is 6.62. The number of nitrogens with zero attached hydrogens (tertiary/aromatic N) is 2. The summed E-state index contributed by atoms with van der Waals surface area (Å²) in [6.07, 6.45) is 3.75. The molecule has 1 fully saturated rings.